The second-order valence-corrected chi connectivity index (χ2v) is 6.27. The van der Waals surface area contributed by atoms with Gasteiger partial charge in [0.25, 0.3) is 0 Å². The molecule has 0 amide bonds. The second kappa shape index (κ2) is 5.04. The van der Waals surface area contributed by atoms with Crippen molar-refractivity contribution in [3.8, 4) is 0 Å². The summed E-state index contributed by atoms with van der Waals surface area (Å²) in [5, 5.41) is 9.44. The number of likely N-dealkylation sites (tertiary alicyclic amines) is 1. The molecule has 4 unspecified atom stereocenters. The zero-order chi connectivity index (χ0) is 13.5. The molecule has 5 heteroatoms. The van der Waals surface area contributed by atoms with Crippen LogP contribution in [-0.2, 0) is 14.3 Å². The van der Waals surface area contributed by atoms with Crippen molar-refractivity contribution in [2.24, 2.45) is 5.92 Å². The molecule has 0 saturated carbocycles. The number of aliphatic carboxylic acids is 1. The summed E-state index contributed by atoms with van der Waals surface area (Å²) in [5.41, 5.74) is -0.141. The predicted molar refractivity (Wildman–Crippen MR) is 69.1 cm³/mol. The highest BCUT2D eigenvalue weighted by Gasteiger charge is 2.47. The first kappa shape index (κ1) is 13.3. The van der Waals surface area contributed by atoms with Crippen molar-refractivity contribution in [1.29, 1.82) is 0 Å². The van der Waals surface area contributed by atoms with E-state index < -0.39 is 5.97 Å². The number of nitrogens with zero attached hydrogens (tertiary/aromatic N) is 1. The molecule has 3 rings (SSSR count). The number of ether oxygens (including phenoxy) is 2. The molecule has 19 heavy (non-hydrogen) atoms. The topological polar surface area (TPSA) is 59.0 Å². The van der Waals surface area contributed by atoms with E-state index in [1.165, 1.54) is 0 Å². The van der Waals surface area contributed by atoms with Crippen molar-refractivity contribution in [3.63, 3.8) is 0 Å². The van der Waals surface area contributed by atoms with Gasteiger partial charge < -0.3 is 14.6 Å². The largest absolute Gasteiger partial charge is 0.480 e. The minimum absolute atomic E-state index is 0.141. The van der Waals surface area contributed by atoms with Crippen molar-refractivity contribution in [2.75, 3.05) is 26.4 Å². The number of carboxylic acid groups (broad SMARTS) is 1. The fraction of sp³-hybridized carbons (Fsp3) is 0.929. The van der Waals surface area contributed by atoms with Crippen LogP contribution < -0.4 is 0 Å². The molecule has 0 bridgehead atoms. The Balaban J connectivity index is 1.72. The SMILES string of the molecule is CC1CCN(C2CCOC3(CCOC3)C2)C1C(=O)O. The maximum absolute atomic E-state index is 11.5. The normalized spacial score (nSPS) is 43.9. The molecule has 3 aliphatic heterocycles. The van der Waals surface area contributed by atoms with E-state index in [1.54, 1.807) is 0 Å². The molecule has 1 N–H and O–H groups in total. The lowest BCUT2D eigenvalue weighted by Crippen LogP contribution is -2.52. The van der Waals surface area contributed by atoms with Gasteiger partial charge in [0.2, 0.25) is 0 Å². The molecule has 3 fully saturated rings. The quantitative estimate of drug-likeness (QED) is 0.814. The van der Waals surface area contributed by atoms with Gasteiger partial charge in [-0.2, -0.15) is 0 Å². The van der Waals surface area contributed by atoms with Gasteiger partial charge in [-0.3, -0.25) is 9.69 Å². The minimum Gasteiger partial charge on any atom is -0.480 e. The number of carboxylic acids is 1. The van der Waals surface area contributed by atoms with Gasteiger partial charge >= 0.3 is 5.97 Å². The van der Waals surface area contributed by atoms with E-state index in [0.29, 0.717) is 12.6 Å². The van der Waals surface area contributed by atoms with Gasteiger partial charge in [-0.15, -0.1) is 0 Å². The fourth-order valence-electron chi connectivity index (χ4n) is 3.92. The summed E-state index contributed by atoms with van der Waals surface area (Å²) in [4.78, 5) is 13.7. The number of carbonyl (C=O) groups is 1. The molecule has 4 atom stereocenters. The Morgan fingerprint density at radius 1 is 1.37 bits per heavy atom. The maximum Gasteiger partial charge on any atom is 0.321 e. The third-order valence-corrected chi connectivity index (χ3v) is 5.00. The van der Waals surface area contributed by atoms with Crippen molar-refractivity contribution in [1.82, 2.24) is 4.90 Å². The Bertz CT molecular complexity index is 353. The van der Waals surface area contributed by atoms with Crippen molar-refractivity contribution >= 4 is 5.97 Å². The highest BCUT2D eigenvalue weighted by atomic mass is 16.6. The third-order valence-electron chi connectivity index (χ3n) is 5.00. The van der Waals surface area contributed by atoms with Gasteiger partial charge in [0.1, 0.15) is 6.04 Å². The molecule has 5 nitrogen and oxygen atoms in total. The first-order valence-corrected chi connectivity index (χ1v) is 7.32. The number of hydrogen-bond acceptors (Lipinski definition) is 4. The first-order chi connectivity index (χ1) is 9.11. The highest BCUT2D eigenvalue weighted by Crippen LogP contribution is 2.38. The Hall–Kier alpha value is -0.650. The molecular formula is C14H23NO4. The molecule has 3 aliphatic rings. The van der Waals surface area contributed by atoms with E-state index in [2.05, 4.69) is 4.90 Å². The van der Waals surface area contributed by atoms with Crippen LogP contribution in [0.15, 0.2) is 0 Å². The van der Waals surface area contributed by atoms with Crippen LogP contribution in [0.5, 0.6) is 0 Å². The number of hydrogen-bond donors (Lipinski definition) is 1. The molecule has 3 heterocycles. The van der Waals surface area contributed by atoms with Gasteiger partial charge in [0.15, 0.2) is 0 Å². The molecule has 1 spiro atoms. The van der Waals surface area contributed by atoms with Crippen molar-refractivity contribution in [3.05, 3.63) is 0 Å². The highest BCUT2D eigenvalue weighted by molar-refractivity contribution is 5.74. The fourth-order valence-corrected chi connectivity index (χ4v) is 3.92. The van der Waals surface area contributed by atoms with Crippen LogP contribution in [-0.4, -0.2) is 60.0 Å². The van der Waals surface area contributed by atoms with Crippen LogP contribution in [0.25, 0.3) is 0 Å². The molecule has 0 aromatic heterocycles. The average Bonchev–Trinajstić information content (AvgIpc) is 2.96. The van der Waals surface area contributed by atoms with E-state index in [4.69, 9.17) is 9.47 Å². The van der Waals surface area contributed by atoms with Crippen LogP contribution in [0.3, 0.4) is 0 Å². The van der Waals surface area contributed by atoms with E-state index in [-0.39, 0.29) is 17.6 Å². The van der Waals surface area contributed by atoms with Gasteiger partial charge in [-0.1, -0.05) is 6.92 Å². The number of rotatable bonds is 2. The van der Waals surface area contributed by atoms with Crippen LogP contribution >= 0.6 is 0 Å². The Morgan fingerprint density at radius 3 is 2.89 bits per heavy atom. The molecule has 3 saturated heterocycles. The molecule has 0 radical (unpaired) electrons. The Kier molecular flexibility index (Phi) is 3.53. The first-order valence-electron chi connectivity index (χ1n) is 7.32. The third kappa shape index (κ3) is 2.39. The lowest BCUT2D eigenvalue weighted by Gasteiger charge is -2.42. The molecule has 0 aromatic carbocycles. The minimum atomic E-state index is -0.673. The van der Waals surface area contributed by atoms with Crippen LogP contribution in [0, 0.1) is 5.92 Å². The van der Waals surface area contributed by atoms with Crippen molar-refractivity contribution < 1.29 is 19.4 Å². The lowest BCUT2D eigenvalue weighted by molar-refractivity contribution is -0.148. The van der Waals surface area contributed by atoms with Crippen LogP contribution in [0.2, 0.25) is 0 Å². The van der Waals surface area contributed by atoms with Gasteiger partial charge in [0, 0.05) is 25.7 Å². The second-order valence-electron chi connectivity index (χ2n) is 6.27. The average molecular weight is 269 g/mol. The van der Waals surface area contributed by atoms with Gasteiger partial charge in [-0.25, -0.2) is 0 Å². The lowest BCUT2D eigenvalue weighted by atomic mass is 9.88. The zero-order valence-electron chi connectivity index (χ0n) is 11.5. The summed E-state index contributed by atoms with van der Waals surface area (Å²) in [6, 6.07) is 0.0176. The van der Waals surface area contributed by atoms with E-state index in [0.717, 1.165) is 45.4 Å². The maximum atomic E-state index is 11.5. The van der Waals surface area contributed by atoms with E-state index in [9.17, 15) is 9.90 Å². The Labute approximate surface area is 113 Å². The summed E-state index contributed by atoms with van der Waals surface area (Å²) in [6.07, 6.45) is 3.80. The molecule has 108 valence electrons. The summed E-state index contributed by atoms with van der Waals surface area (Å²) >= 11 is 0. The monoisotopic (exact) mass is 269 g/mol. The summed E-state index contributed by atoms with van der Waals surface area (Å²) < 4.78 is 11.4. The summed E-state index contributed by atoms with van der Waals surface area (Å²) in [5.74, 6) is -0.427. The molecule has 0 aliphatic carbocycles. The van der Waals surface area contributed by atoms with Gasteiger partial charge in [0.05, 0.1) is 12.2 Å². The molecule has 0 aromatic rings. The standard InChI is InChI=1S/C14H23NO4/c1-10-2-5-15(12(10)13(16)17)11-3-6-19-14(8-11)4-7-18-9-14/h10-12H,2-9H2,1H3,(H,16,17). The smallest absolute Gasteiger partial charge is 0.321 e. The van der Waals surface area contributed by atoms with E-state index in [1.807, 2.05) is 6.92 Å². The van der Waals surface area contributed by atoms with Gasteiger partial charge in [-0.05, 0) is 31.7 Å². The zero-order valence-corrected chi connectivity index (χ0v) is 11.5. The van der Waals surface area contributed by atoms with Crippen molar-refractivity contribution in [2.45, 2.75) is 50.3 Å². The van der Waals surface area contributed by atoms with Crippen LogP contribution in [0.4, 0.5) is 0 Å². The molecular weight excluding hydrogens is 246 g/mol. The predicted octanol–water partition coefficient (Wildman–Crippen LogP) is 1.12. The van der Waals surface area contributed by atoms with E-state index >= 15 is 0 Å². The summed E-state index contributed by atoms with van der Waals surface area (Å²) in [6.45, 7) is 5.12. The Morgan fingerprint density at radius 2 is 2.21 bits per heavy atom. The van der Waals surface area contributed by atoms with Crippen LogP contribution in [0.1, 0.15) is 32.6 Å². The summed E-state index contributed by atoms with van der Waals surface area (Å²) in [7, 11) is 0.